The zero-order valence-corrected chi connectivity index (χ0v) is 12.4. The van der Waals surface area contributed by atoms with Crippen molar-refractivity contribution in [3.05, 3.63) is 35.4 Å². The molecule has 1 aliphatic heterocycles. The highest BCUT2D eigenvalue weighted by atomic mass is 16.5. The predicted octanol–water partition coefficient (Wildman–Crippen LogP) is 0.803. The summed E-state index contributed by atoms with van der Waals surface area (Å²) in [5.74, 6) is -2.75. The van der Waals surface area contributed by atoms with Gasteiger partial charge in [0.05, 0.1) is 6.61 Å². The molecule has 1 aromatic carbocycles. The van der Waals surface area contributed by atoms with Gasteiger partial charge in [-0.05, 0) is 13.3 Å². The molecule has 116 valence electrons. The molecule has 1 aliphatic carbocycles. The van der Waals surface area contributed by atoms with Crippen LogP contribution < -0.4 is 0 Å². The SMILES string of the molecule is CCCOC(=O)[C@@H]1C(C)=N[C@@]2(O)c3ccccc3C(=O)[C@]12O. The molecule has 1 aromatic rings. The zero-order valence-electron chi connectivity index (χ0n) is 12.4. The molecule has 0 amide bonds. The van der Waals surface area contributed by atoms with Gasteiger partial charge in [-0.2, -0.15) is 0 Å². The van der Waals surface area contributed by atoms with Crippen LogP contribution in [0.1, 0.15) is 36.2 Å². The first kappa shape index (κ1) is 14.9. The van der Waals surface area contributed by atoms with Crippen molar-refractivity contribution in [1.29, 1.82) is 0 Å². The van der Waals surface area contributed by atoms with Crippen LogP contribution in [0.2, 0.25) is 0 Å². The van der Waals surface area contributed by atoms with E-state index < -0.39 is 29.0 Å². The molecule has 3 atom stereocenters. The van der Waals surface area contributed by atoms with E-state index in [1.165, 1.54) is 19.1 Å². The van der Waals surface area contributed by atoms with E-state index in [1.807, 2.05) is 6.92 Å². The minimum Gasteiger partial charge on any atom is -0.465 e. The van der Waals surface area contributed by atoms with Gasteiger partial charge < -0.3 is 14.9 Å². The minimum absolute atomic E-state index is 0.178. The normalized spacial score (nSPS) is 32.5. The molecule has 0 fully saturated rings. The number of fused-ring (bicyclic) bond motifs is 3. The third kappa shape index (κ3) is 1.59. The second-order valence-corrected chi connectivity index (χ2v) is 5.67. The van der Waals surface area contributed by atoms with Crippen molar-refractivity contribution in [1.82, 2.24) is 0 Å². The van der Waals surface area contributed by atoms with Crippen LogP contribution in [0.25, 0.3) is 0 Å². The number of aliphatic imine (C=N–C) groups is 1. The van der Waals surface area contributed by atoms with Gasteiger partial charge in [-0.1, -0.05) is 31.2 Å². The van der Waals surface area contributed by atoms with Crippen LogP contribution in [-0.4, -0.2) is 39.9 Å². The molecule has 22 heavy (non-hydrogen) atoms. The van der Waals surface area contributed by atoms with E-state index in [4.69, 9.17) is 4.74 Å². The van der Waals surface area contributed by atoms with E-state index in [1.54, 1.807) is 12.1 Å². The van der Waals surface area contributed by atoms with Crippen LogP contribution >= 0.6 is 0 Å². The van der Waals surface area contributed by atoms with Gasteiger partial charge in [-0.3, -0.25) is 14.6 Å². The number of ketones is 1. The Bertz CT molecular complexity index is 698. The Hall–Kier alpha value is -2.05. The van der Waals surface area contributed by atoms with E-state index in [0.29, 0.717) is 6.42 Å². The molecule has 6 nitrogen and oxygen atoms in total. The predicted molar refractivity (Wildman–Crippen MR) is 77.5 cm³/mol. The number of carbonyl (C=O) groups is 2. The first-order valence-corrected chi connectivity index (χ1v) is 7.20. The van der Waals surface area contributed by atoms with Gasteiger partial charge in [-0.25, -0.2) is 0 Å². The summed E-state index contributed by atoms with van der Waals surface area (Å²) in [4.78, 5) is 29.0. The van der Waals surface area contributed by atoms with Gasteiger partial charge in [0.15, 0.2) is 5.60 Å². The highest BCUT2D eigenvalue weighted by molar-refractivity contribution is 6.18. The Morgan fingerprint density at radius 1 is 1.36 bits per heavy atom. The standard InChI is InChI=1S/C16H17NO5/c1-3-8-22-14(19)12-9(2)17-16(21)11-7-5-4-6-10(11)13(18)15(12,16)20/h4-7,12,20-21H,3,8H2,1-2H3/t12-,15+,16+/m0/s1. The number of aliphatic hydroxyl groups is 2. The maximum absolute atomic E-state index is 12.6. The van der Waals surface area contributed by atoms with E-state index in [9.17, 15) is 19.8 Å². The number of rotatable bonds is 3. The largest absolute Gasteiger partial charge is 0.465 e. The average Bonchev–Trinajstić information content (AvgIpc) is 2.80. The highest BCUT2D eigenvalue weighted by Crippen LogP contribution is 2.53. The summed E-state index contributed by atoms with van der Waals surface area (Å²) < 4.78 is 5.07. The van der Waals surface area contributed by atoms with Crippen LogP contribution in [0, 0.1) is 5.92 Å². The molecule has 3 rings (SSSR count). The first-order valence-electron chi connectivity index (χ1n) is 7.20. The number of nitrogens with zero attached hydrogens (tertiary/aromatic N) is 1. The van der Waals surface area contributed by atoms with E-state index in [0.717, 1.165) is 0 Å². The lowest BCUT2D eigenvalue weighted by Gasteiger charge is -2.31. The molecule has 0 radical (unpaired) electrons. The van der Waals surface area contributed by atoms with Crippen molar-refractivity contribution < 1.29 is 24.5 Å². The van der Waals surface area contributed by atoms with Crippen molar-refractivity contribution >= 4 is 17.5 Å². The molecule has 2 aliphatic rings. The van der Waals surface area contributed by atoms with Crippen LogP contribution in [0.3, 0.4) is 0 Å². The number of benzene rings is 1. The minimum atomic E-state index is -2.34. The number of Topliss-reactive ketones (excluding diaryl/α,β-unsaturated/α-hetero) is 1. The third-order valence-corrected chi connectivity index (χ3v) is 4.28. The van der Waals surface area contributed by atoms with Gasteiger partial charge >= 0.3 is 5.97 Å². The van der Waals surface area contributed by atoms with Crippen molar-refractivity contribution in [3.8, 4) is 0 Å². The Morgan fingerprint density at radius 2 is 2.05 bits per heavy atom. The smallest absolute Gasteiger partial charge is 0.318 e. The molecule has 0 unspecified atom stereocenters. The quantitative estimate of drug-likeness (QED) is 0.805. The third-order valence-electron chi connectivity index (χ3n) is 4.28. The second-order valence-electron chi connectivity index (χ2n) is 5.67. The number of esters is 1. The number of hydrogen-bond donors (Lipinski definition) is 2. The molecule has 0 saturated heterocycles. The molecular weight excluding hydrogens is 286 g/mol. The molecule has 0 aromatic heterocycles. The molecule has 6 heteroatoms. The van der Waals surface area contributed by atoms with Gasteiger partial charge in [0.1, 0.15) is 5.92 Å². The Kier molecular flexibility index (Phi) is 3.19. The van der Waals surface area contributed by atoms with Gasteiger partial charge in [0.25, 0.3) is 0 Å². The first-order chi connectivity index (χ1) is 10.4. The summed E-state index contributed by atoms with van der Waals surface area (Å²) in [5, 5.41) is 21.8. The fourth-order valence-corrected chi connectivity index (χ4v) is 3.28. The Labute approximate surface area is 127 Å². The molecule has 1 heterocycles. The fraction of sp³-hybridized carbons (Fsp3) is 0.438. The monoisotopic (exact) mass is 303 g/mol. The Morgan fingerprint density at radius 3 is 2.73 bits per heavy atom. The maximum Gasteiger partial charge on any atom is 0.318 e. The van der Waals surface area contributed by atoms with Crippen molar-refractivity contribution in [3.63, 3.8) is 0 Å². The van der Waals surface area contributed by atoms with Crippen LogP contribution in [0.15, 0.2) is 29.3 Å². The lowest BCUT2D eigenvalue weighted by molar-refractivity contribution is -0.164. The van der Waals surface area contributed by atoms with E-state index in [-0.39, 0.29) is 23.4 Å². The summed E-state index contributed by atoms with van der Waals surface area (Å²) in [6.07, 6.45) is 0.617. The summed E-state index contributed by atoms with van der Waals surface area (Å²) in [6, 6.07) is 6.31. The highest BCUT2D eigenvalue weighted by Gasteiger charge is 2.72. The van der Waals surface area contributed by atoms with Gasteiger partial charge in [0.2, 0.25) is 11.5 Å². The van der Waals surface area contributed by atoms with Gasteiger partial charge in [-0.15, -0.1) is 0 Å². The van der Waals surface area contributed by atoms with E-state index in [2.05, 4.69) is 4.99 Å². The topological polar surface area (TPSA) is 96.2 Å². The number of hydrogen-bond acceptors (Lipinski definition) is 6. The summed E-state index contributed by atoms with van der Waals surface area (Å²) >= 11 is 0. The lowest BCUT2D eigenvalue weighted by Crippen LogP contribution is -2.56. The maximum atomic E-state index is 12.6. The number of ether oxygens (including phenoxy) is 1. The fourth-order valence-electron chi connectivity index (χ4n) is 3.28. The average molecular weight is 303 g/mol. The van der Waals surface area contributed by atoms with Crippen LogP contribution in [-0.2, 0) is 15.3 Å². The van der Waals surface area contributed by atoms with Crippen molar-refractivity contribution in [2.75, 3.05) is 6.61 Å². The summed E-state index contributed by atoms with van der Waals surface area (Å²) in [6.45, 7) is 3.52. The van der Waals surface area contributed by atoms with Gasteiger partial charge in [0, 0.05) is 16.8 Å². The van der Waals surface area contributed by atoms with Crippen molar-refractivity contribution in [2.24, 2.45) is 10.9 Å². The molecule has 0 saturated carbocycles. The van der Waals surface area contributed by atoms with Crippen molar-refractivity contribution in [2.45, 2.75) is 31.6 Å². The molecule has 0 spiro atoms. The zero-order chi connectivity index (χ0) is 16.1. The number of carbonyl (C=O) groups excluding carboxylic acids is 2. The molecule has 2 N–H and O–H groups in total. The second kappa shape index (κ2) is 4.72. The summed E-state index contributed by atoms with van der Waals surface area (Å²) in [5.41, 5.74) is -3.90. The van der Waals surface area contributed by atoms with Crippen LogP contribution in [0.4, 0.5) is 0 Å². The van der Waals surface area contributed by atoms with Crippen LogP contribution in [0.5, 0.6) is 0 Å². The molecule has 0 bridgehead atoms. The molecular formula is C16H17NO5. The lowest BCUT2D eigenvalue weighted by atomic mass is 9.79. The summed E-state index contributed by atoms with van der Waals surface area (Å²) in [7, 11) is 0. The van der Waals surface area contributed by atoms with E-state index >= 15 is 0 Å². The Balaban J connectivity index is 2.12.